The Hall–Kier alpha value is -0.610. The van der Waals surface area contributed by atoms with Crippen LogP contribution in [-0.2, 0) is 9.53 Å². The number of primary amides is 1. The highest BCUT2D eigenvalue weighted by Crippen LogP contribution is 2.04. The summed E-state index contributed by atoms with van der Waals surface area (Å²) in [6, 6.07) is 0. The van der Waals surface area contributed by atoms with E-state index in [1.807, 2.05) is 13.8 Å². The molecule has 1 atom stereocenters. The standard InChI is InChI=1S/C8H18N2O2/c1-6(2)12-5-8(3,10-4)7(9)11/h6,10H,5H2,1-4H3,(H2,9,11). The van der Waals surface area contributed by atoms with E-state index in [4.69, 9.17) is 10.5 Å². The molecule has 0 bridgehead atoms. The summed E-state index contributed by atoms with van der Waals surface area (Å²) in [7, 11) is 1.69. The monoisotopic (exact) mass is 174 g/mol. The van der Waals surface area contributed by atoms with Crippen LogP contribution in [0.4, 0.5) is 0 Å². The van der Waals surface area contributed by atoms with Crippen LogP contribution in [0.3, 0.4) is 0 Å². The first-order valence-corrected chi connectivity index (χ1v) is 4.03. The molecule has 0 aliphatic carbocycles. The molecular weight excluding hydrogens is 156 g/mol. The van der Waals surface area contributed by atoms with Crippen LogP contribution >= 0.6 is 0 Å². The second-order valence-electron chi connectivity index (χ2n) is 3.31. The Labute approximate surface area is 73.5 Å². The summed E-state index contributed by atoms with van der Waals surface area (Å²) in [5.74, 6) is -0.398. The van der Waals surface area contributed by atoms with Gasteiger partial charge in [0.2, 0.25) is 5.91 Å². The third-order valence-electron chi connectivity index (χ3n) is 1.80. The topological polar surface area (TPSA) is 64.3 Å². The van der Waals surface area contributed by atoms with E-state index in [1.165, 1.54) is 0 Å². The molecule has 0 aliphatic rings. The Bertz CT molecular complexity index is 159. The smallest absolute Gasteiger partial charge is 0.239 e. The first kappa shape index (κ1) is 11.4. The molecule has 0 rings (SSSR count). The van der Waals surface area contributed by atoms with Crippen LogP contribution in [0.2, 0.25) is 0 Å². The zero-order valence-corrected chi connectivity index (χ0v) is 8.18. The molecule has 12 heavy (non-hydrogen) atoms. The van der Waals surface area contributed by atoms with Gasteiger partial charge >= 0.3 is 0 Å². The lowest BCUT2D eigenvalue weighted by Gasteiger charge is -2.26. The van der Waals surface area contributed by atoms with E-state index in [9.17, 15) is 4.79 Å². The minimum Gasteiger partial charge on any atom is -0.376 e. The summed E-state index contributed by atoms with van der Waals surface area (Å²) in [5.41, 5.74) is 4.43. The number of carbonyl (C=O) groups is 1. The SMILES string of the molecule is CNC(C)(COC(C)C)C(N)=O. The third-order valence-corrected chi connectivity index (χ3v) is 1.80. The number of hydrogen-bond donors (Lipinski definition) is 2. The number of ether oxygens (including phenoxy) is 1. The molecule has 1 unspecified atom stereocenters. The lowest BCUT2D eigenvalue weighted by atomic mass is 10.0. The fourth-order valence-corrected chi connectivity index (χ4v) is 0.600. The lowest BCUT2D eigenvalue weighted by Crippen LogP contribution is -2.55. The molecule has 0 aromatic carbocycles. The Kier molecular flexibility index (Phi) is 4.20. The van der Waals surface area contributed by atoms with E-state index in [0.717, 1.165) is 0 Å². The molecule has 0 aromatic heterocycles. The normalized spacial score (nSPS) is 16.1. The molecule has 1 amide bonds. The molecular formula is C8H18N2O2. The third kappa shape index (κ3) is 3.19. The van der Waals surface area contributed by atoms with E-state index in [1.54, 1.807) is 14.0 Å². The number of nitrogens with one attached hydrogen (secondary N) is 1. The van der Waals surface area contributed by atoms with Crippen molar-refractivity contribution < 1.29 is 9.53 Å². The summed E-state index contributed by atoms with van der Waals surface area (Å²) in [6.07, 6.45) is 0.108. The summed E-state index contributed by atoms with van der Waals surface area (Å²) >= 11 is 0. The van der Waals surface area contributed by atoms with Crippen LogP contribution in [0, 0.1) is 0 Å². The van der Waals surface area contributed by atoms with Crippen LogP contribution in [0.1, 0.15) is 20.8 Å². The molecule has 0 saturated heterocycles. The highest BCUT2D eigenvalue weighted by atomic mass is 16.5. The van der Waals surface area contributed by atoms with Crippen molar-refractivity contribution in [3.05, 3.63) is 0 Å². The van der Waals surface area contributed by atoms with Crippen molar-refractivity contribution in [2.75, 3.05) is 13.7 Å². The summed E-state index contributed by atoms with van der Waals surface area (Å²) in [6.45, 7) is 5.85. The van der Waals surface area contributed by atoms with Gasteiger partial charge in [0.05, 0.1) is 12.7 Å². The Morgan fingerprint density at radius 2 is 2.17 bits per heavy atom. The molecule has 0 spiro atoms. The fraction of sp³-hybridized carbons (Fsp3) is 0.875. The molecule has 0 radical (unpaired) electrons. The van der Waals surface area contributed by atoms with Gasteiger partial charge in [0.25, 0.3) is 0 Å². The molecule has 0 heterocycles. The highest BCUT2D eigenvalue weighted by Gasteiger charge is 2.29. The maximum Gasteiger partial charge on any atom is 0.239 e. The predicted octanol–water partition coefficient (Wildman–Crippen LogP) is -0.125. The lowest BCUT2D eigenvalue weighted by molar-refractivity contribution is -0.126. The summed E-state index contributed by atoms with van der Waals surface area (Å²) < 4.78 is 5.30. The molecule has 0 aliphatic heterocycles. The number of nitrogens with two attached hydrogens (primary N) is 1. The minimum atomic E-state index is -0.760. The van der Waals surface area contributed by atoms with Gasteiger partial charge in [-0.2, -0.15) is 0 Å². The van der Waals surface area contributed by atoms with Crippen molar-refractivity contribution in [3.8, 4) is 0 Å². The van der Waals surface area contributed by atoms with Gasteiger partial charge in [-0.15, -0.1) is 0 Å². The molecule has 0 aromatic rings. The van der Waals surface area contributed by atoms with Crippen molar-refractivity contribution in [2.24, 2.45) is 5.73 Å². The zero-order valence-electron chi connectivity index (χ0n) is 8.18. The Balaban J connectivity index is 4.06. The first-order chi connectivity index (χ1) is 5.42. The summed E-state index contributed by atoms with van der Waals surface area (Å²) in [5, 5.41) is 2.83. The number of rotatable bonds is 5. The Morgan fingerprint density at radius 1 is 1.67 bits per heavy atom. The number of carbonyl (C=O) groups excluding carboxylic acids is 1. The van der Waals surface area contributed by atoms with E-state index >= 15 is 0 Å². The second kappa shape index (κ2) is 4.42. The number of likely N-dealkylation sites (N-methyl/N-ethyl adjacent to an activating group) is 1. The van der Waals surface area contributed by atoms with Gasteiger partial charge in [0.1, 0.15) is 5.54 Å². The maximum atomic E-state index is 10.9. The molecule has 0 fully saturated rings. The van der Waals surface area contributed by atoms with Crippen molar-refractivity contribution in [1.82, 2.24) is 5.32 Å². The van der Waals surface area contributed by atoms with Gasteiger partial charge in [-0.1, -0.05) is 0 Å². The first-order valence-electron chi connectivity index (χ1n) is 4.03. The maximum absolute atomic E-state index is 10.9. The highest BCUT2D eigenvalue weighted by molar-refractivity contribution is 5.84. The second-order valence-corrected chi connectivity index (χ2v) is 3.31. The van der Waals surface area contributed by atoms with Gasteiger partial charge in [-0.25, -0.2) is 0 Å². The summed E-state index contributed by atoms with van der Waals surface area (Å²) in [4.78, 5) is 10.9. The zero-order chi connectivity index (χ0) is 9.78. The van der Waals surface area contributed by atoms with Gasteiger partial charge < -0.3 is 15.8 Å². The van der Waals surface area contributed by atoms with Crippen molar-refractivity contribution in [2.45, 2.75) is 32.4 Å². The average molecular weight is 174 g/mol. The number of amides is 1. The van der Waals surface area contributed by atoms with Gasteiger partial charge in [0, 0.05) is 0 Å². The predicted molar refractivity (Wildman–Crippen MR) is 47.7 cm³/mol. The van der Waals surface area contributed by atoms with Gasteiger partial charge in [-0.05, 0) is 27.8 Å². The molecule has 3 N–H and O–H groups in total. The van der Waals surface area contributed by atoms with Crippen molar-refractivity contribution in [3.63, 3.8) is 0 Å². The molecule has 0 saturated carbocycles. The van der Waals surface area contributed by atoms with Crippen molar-refractivity contribution >= 4 is 5.91 Å². The van der Waals surface area contributed by atoms with Gasteiger partial charge in [0.15, 0.2) is 0 Å². The van der Waals surface area contributed by atoms with Crippen LogP contribution in [0.5, 0.6) is 0 Å². The minimum absolute atomic E-state index is 0.108. The fourth-order valence-electron chi connectivity index (χ4n) is 0.600. The molecule has 4 nitrogen and oxygen atoms in total. The largest absolute Gasteiger partial charge is 0.376 e. The van der Waals surface area contributed by atoms with E-state index in [2.05, 4.69) is 5.32 Å². The average Bonchev–Trinajstić information content (AvgIpc) is 1.99. The van der Waals surface area contributed by atoms with Crippen LogP contribution in [-0.4, -0.2) is 31.2 Å². The quantitative estimate of drug-likeness (QED) is 0.610. The number of hydrogen-bond acceptors (Lipinski definition) is 3. The van der Waals surface area contributed by atoms with E-state index in [0.29, 0.717) is 6.61 Å². The van der Waals surface area contributed by atoms with Crippen LogP contribution in [0.15, 0.2) is 0 Å². The van der Waals surface area contributed by atoms with Gasteiger partial charge in [-0.3, -0.25) is 4.79 Å². The van der Waals surface area contributed by atoms with E-state index < -0.39 is 11.4 Å². The Morgan fingerprint density at radius 3 is 2.42 bits per heavy atom. The van der Waals surface area contributed by atoms with Crippen LogP contribution in [0.25, 0.3) is 0 Å². The van der Waals surface area contributed by atoms with E-state index in [-0.39, 0.29) is 6.10 Å². The molecule has 4 heteroatoms. The van der Waals surface area contributed by atoms with Crippen LogP contribution < -0.4 is 11.1 Å². The molecule has 72 valence electrons. The van der Waals surface area contributed by atoms with Crippen molar-refractivity contribution in [1.29, 1.82) is 0 Å².